The van der Waals surface area contributed by atoms with Crippen molar-refractivity contribution in [3.05, 3.63) is 39.8 Å². The zero-order valence-corrected chi connectivity index (χ0v) is 16.6. The molecule has 2 heterocycles. The van der Waals surface area contributed by atoms with E-state index in [0.29, 0.717) is 40.8 Å². The summed E-state index contributed by atoms with van der Waals surface area (Å²) in [6.07, 6.45) is 1.72. The molecule has 1 aliphatic carbocycles. The van der Waals surface area contributed by atoms with E-state index in [2.05, 4.69) is 10.6 Å². The summed E-state index contributed by atoms with van der Waals surface area (Å²) in [4.78, 5) is 38.2. The number of rotatable bonds is 4. The summed E-state index contributed by atoms with van der Waals surface area (Å²) >= 11 is 1.37. The van der Waals surface area contributed by atoms with Gasteiger partial charge in [-0.3, -0.25) is 14.9 Å². The van der Waals surface area contributed by atoms with Crippen LogP contribution in [0.1, 0.15) is 44.5 Å². The van der Waals surface area contributed by atoms with Crippen molar-refractivity contribution in [1.82, 2.24) is 5.32 Å². The number of ether oxygens (including phenoxy) is 3. The van der Waals surface area contributed by atoms with E-state index < -0.39 is 12.0 Å². The fourth-order valence-corrected chi connectivity index (χ4v) is 4.70. The lowest BCUT2D eigenvalue weighted by atomic mass is 10.1. The van der Waals surface area contributed by atoms with Gasteiger partial charge in [-0.05, 0) is 49.9 Å². The number of hydrogen-bond acceptors (Lipinski definition) is 7. The molecule has 2 aliphatic rings. The highest BCUT2D eigenvalue weighted by Gasteiger charge is 2.29. The van der Waals surface area contributed by atoms with E-state index in [0.717, 1.165) is 29.7 Å². The number of carbonyl (C=O) groups is 3. The molecule has 0 spiro atoms. The monoisotopic (exact) mass is 416 g/mol. The van der Waals surface area contributed by atoms with Crippen molar-refractivity contribution in [2.75, 3.05) is 25.1 Å². The zero-order valence-electron chi connectivity index (χ0n) is 15.8. The van der Waals surface area contributed by atoms with Crippen LogP contribution in [0, 0.1) is 0 Å². The van der Waals surface area contributed by atoms with Crippen molar-refractivity contribution in [1.29, 1.82) is 0 Å². The van der Waals surface area contributed by atoms with E-state index in [1.165, 1.54) is 11.3 Å². The Morgan fingerprint density at radius 1 is 1.10 bits per heavy atom. The molecular formula is C20H20N2O6S. The fraction of sp³-hybridized carbons (Fsp3) is 0.350. The first kappa shape index (κ1) is 19.3. The predicted molar refractivity (Wildman–Crippen MR) is 106 cm³/mol. The van der Waals surface area contributed by atoms with E-state index in [-0.39, 0.29) is 12.5 Å². The van der Waals surface area contributed by atoms with Gasteiger partial charge < -0.3 is 19.5 Å². The number of nitrogens with one attached hydrogen (secondary N) is 2. The lowest BCUT2D eigenvalue weighted by Gasteiger charge is -2.18. The summed E-state index contributed by atoms with van der Waals surface area (Å²) in [5.74, 6) is 0.169. The van der Waals surface area contributed by atoms with Crippen molar-refractivity contribution < 1.29 is 28.6 Å². The van der Waals surface area contributed by atoms with Crippen LogP contribution in [0.15, 0.2) is 18.2 Å². The van der Waals surface area contributed by atoms with Gasteiger partial charge in [-0.25, -0.2) is 4.79 Å². The number of anilines is 1. The third-order valence-electron chi connectivity index (χ3n) is 4.67. The van der Waals surface area contributed by atoms with Crippen LogP contribution in [0.2, 0.25) is 0 Å². The molecule has 3 amide bonds. The Morgan fingerprint density at radius 2 is 1.90 bits per heavy atom. The minimum atomic E-state index is -0.806. The zero-order chi connectivity index (χ0) is 20.4. The summed E-state index contributed by atoms with van der Waals surface area (Å²) in [5.41, 5.74) is 1.61. The van der Waals surface area contributed by atoms with Crippen LogP contribution < -0.4 is 20.1 Å². The van der Waals surface area contributed by atoms with Crippen LogP contribution in [-0.2, 0) is 17.6 Å². The fourth-order valence-electron chi connectivity index (χ4n) is 3.41. The van der Waals surface area contributed by atoms with Crippen molar-refractivity contribution in [2.24, 2.45) is 0 Å². The molecular weight excluding hydrogens is 396 g/mol. The van der Waals surface area contributed by atoms with E-state index in [1.54, 1.807) is 25.1 Å². The van der Waals surface area contributed by atoms with Crippen LogP contribution >= 0.6 is 11.3 Å². The molecule has 2 aromatic rings. The van der Waals surface area contributed by atoms with Gasteiger partial charge in [0.05, 0.1) is 12.2 Å². The molecule has 1 aromatic heterocycles. The quantitative estimate of drug-likeness (QED) is 0.794. The highest BCUT2D eigenvalue weighted by molar-refractivity contribution is 7.17. The van der Waals surface area contributed by atoms with E-state index in [4.69, 9.17) is 14.2 Å². The van der Waals surface area contributed by atoms with Crippen LogP contribution in [0.5, 0.6) is 11.5 Å². The molecule has 0 fully saturated rings. The van der Waals surface area contributed by atoms with E-state index in [1.807, 2.05) is 0 Å². The molecule has 1 aliphatic heterocycles. The number of hydrogen-bond donors (Lipinski definition) is 2. The maximum Gasteiger partial charge on any atom is 0.414 e. The van der Waals surface area contributed by atoms with Crippen molar-refractivity contribution in [3.63, 3.8) is 0 Å². The lowest BCUT2D eigenvalue weighted by molar-refractivity contribution is 0.0925. The number of aryl methyl sites for hydroxylation is 1. The molecule has 0 saturated heterocycles. The maximum absolute atomic E-state index is 12.8. The van der Waals surface area contributed by atoms with Gasteiger partial charge in [-0.15, -0.1) is 11.3 Å². The van der Waals surface area contributed by atoms with Crippen LogP contribution in [0.3, 0.4) is 0 Å². The molecule has 0 radical (unpaired) electrons. The largest absolute Gasteiger partial charge is 0.486 e. The Balaban J connectivity index is 1.58. The summed E-state index contributed by atoms with van der Waals surface area (Å²) < 4.78 is 15.8. The van der Waals surface area contributed by atoms with Gasteiger partial charge >= 0.3 is 6.09 Å². The van der Waals surface area contributed by atoms with Crippen LogP contribution in [-0.4, -0.2) is 37.7 Å². The minimum absolute atomic E-state index is 0.161. The second-order valence-electron chi connectivity index (χ2n) is 6.55. The van der Waals surface area contributed by atoms with E-state index >= 15 is 0 Å². The highest BCUT2D eigenvalue weighted by Crippen LogP contribution is 2.39. The second kappa shape index (κ2) is 8.12. The van der Waals surface area contributed by atoms with Gasteiger partial charge in [-0.2, -0.15) is 0 Å². The number of fused-ring (bicyclic) bond motifs is 2. The normalized spacial score (nSPS) is 14.1. The van der Waals surface area contributed by atoms with Crippen molar-refractivity contribution in [3.8, 4) is 11.5 Å². The summed E-state index contributed by atoms with van der Waals surface area (Å²) in [7, 11) is 0. The number of carbonyl (C=O) groups excluding carboxylic acids is 3. The topological polar surface area (TPSA) is 103 Å². The predicted octanol–water partition coefficient (Wildman–Crippen LogP) is 3.15. The number of alkyl carbamates (subject to hydrolysis) is 1. The first-order valence-corrected chi connectivity index (χ1v) is 10.2. The molecule has 2 N–H and O–H groups in total. The molecule has 152 valence electrons. The number of thiophene rings is 1. The number of imide groups is 1. The van der Waals surface area contributed by atoms with Gasteiger partial charge in [-0.1, -0.05) is 0 Å². The SMILES string of the molecule is CCOC(=O)NC(=O)c1c(NC(=O)c2ccc3c(c2)OCCO3)sc2c1CCC2. The average molecular weight is 416 g/mol. The smallest absolute Gasteiger partial charge is 0.414 e. The van der Waals surface area contributed by atoms with Gasteiger partial charge in [0.25, 0.3) is 11.8 Å². The Bertz CT molecular complexity index is 984. The lowest BCUT2D eigenvalue weighted by Crippen LogP contribution is -2.32. The maximum atomic E-state index is 12.8. The van der Waals surface area contributed by atoms with E-state index in [9.17, 15) is 14.4 Å². The summed E-state index contributed by atoms with van der Waals surface area (Å²) in [5, 5.41) is 5.47. The molecule has 4 rings (SSSR count). The molecule has 1 aromatic carbocycles. The van der Waals surface area contributed by atoms with Gasteiger partial charge in [0.1, 0.15) is 18.2 Å². The molecule has 0 bridgehead atoms. The minimum Gasteiger partial charge on any atom is -0.486 e. The highest BCUT2D eigenvalue weighted by atomic mass is 32.1. The van der Waals surface area contributed by atoms with Crippen LogP contribution in [0.25, 0.3) is 0 Å². The summed E-state index contributed by atoms with van der Waals surface area (Å²) in [6, 6.07) is 4.94. The Labute approximate surface area is 171 Å². The first-order valence-electron chi connectivity index (χ1n) is 9.40. The standard InChI is InChI=1S/C20H20N2O6S/c1-2-26-20(25)22-18(24)16-12-4-3-5-15(12)29-19(16)21-17(23)11-6-7-13-14(10-11)28-9-8-27-13/h6-7,10H,2-5,8-9H2,1H3,(H,21,23)(H,22,24,25). The summed E-state index contributed by atoms with van der Waals surface area (Å²) in [6.45, 7) is 2.71. The molecule has 0 saturated carbocycles. The third kappa shape index (κ3) is 3.91. The second-order valence-corrected chi connectivity index (χ2v) is 7.65. The first-order chi connectivity index (χ1) is 14.1. The third-order valence-corrected chi connectivity index (χ3v) is 5.88. The van der Waals surface area contributed by atoms with Gasteiger partial charge in [0, 0.05) is 10.4 Å². The molecule has 9 heteroatoms. The Hall–Kier alpha value is -3.07. The Kier molecular flexibility index (Phi) is 5.39. The van der Waals surface area contributed by atoms with Crippen molar-refractivity contribution in [2.45, 2.75) is 26.2 Å². The molecule has 29 heavy (non-hydrogen) atoms. The number of amides is 3. The van der Waals surface area contributed by atoms with Crippen LogP contribution in [0.4, 0.5) is 9.80 Å². The molecule has 8 nitrogen and oxygen atoms in total. The number of benzene rings is 1. The van der Waals surface area contributed by atoms with Crippen molar-refractivity contribution >= 4 is 34.2 Å². The molecule has 0 atom stereocenters. The molecule has 0 unspecified atom stereocenters. The Morgan fingerprint density at radius 3 is 2.69 bits per heavy atom. The van der Waals surface area contributed by atoms with Gasteiger partial charge in [0.15, 0.2) is 11.5 Å². The van der Waals surface area contributed by atoms with Gasteiger partial charge in [0.2, 0.25) is 0 Å². The average Bonchev–Trinajstić information content (AvgIpc) is 3.28.